The van der Waals surface area contributed by atoms with E-state index >= 15 is 0 Å². The number of anilines is 2. The molecule has 2 aromatic carbocycles. The summed E-state index contributed by atoms with van der Waals surface area (Å²) in [6, 6.07) is 15.6. The fraction of sp³-hybridized carbons (Fsp3) is 0.222. The molecule has 1 aliphatic rings. The van der Waals surface area contributed by atoms with Crippen LogP contribution in [0.3, 0.4) is 0 Å². The van der Waals surface area contributed by atoms with Crippen molar-refractivity contribution in [2.75, 3.05) is 36.9 Å². The Morgan fingerprint density at radius 1 is 1.11 bits per heavy atom. The molecular weight excluding hydrogens is 512 g/mol. The second-order valence-electron chi connectivity index (χ2n) is 8.68. The van der Waals surface area contributed by atoms with Crippen molar-refractivity contribution < 1.29 is 23.1 Å². The maximum Gasteiger partial charge on any atom is 0.272 e. The van der Waals surface area contributed by atoms with Crippen LogP contribution in [0.4, 0.5) is 20.4 Å². The Morgan fingerprint density at radius 2 is 1.92 bits per heavy atom. The van der Waals surface area contributed by atoms with E-state index in [2.05, 4.69) is 22.1 Å². The van der Waals surface area contributed by atoms with Crippen LogP contribution in [0, 0.1) is 0 Å². The Hall–Kier alpha value is -3.93. The first-order valence-electron chi connectivity index (χ1n) is 12.0. The molecule has 196 valence electrons. The highest BCUT2D eigenvalue weighted by Gasteiger charge is 2.20. The predicted octanol–water partition coefficient (Wildman–Crippen LogP) is 5.23. The van der Waals surface area contributed by atoms with Crippen molar-refractivity contribution in [2.45, 2.75) is 13.0 Å². The highest BCUT2D eigenvalue weighted by Crippen LogP contribution is 2.30. The van der Waals surface area contributed by atoms with E-state index in [1.807, 2.05) is 24.3 Å². The zero-order valence-corrected chi connectivity index (χ0v) is 21.1. The van der Waals surface area contributed by atoms with E-state index in [4.69, 9.17) is 9.72 Å². The number of fused-ring (bicyclic) bond motifs is 1. The van der Waals surface area contributed by atoms with Gasteiger partial charge in [-0.25, -0.2) is 13.8 Å². The summed E-state index contributed by atoms with van der Waals surface area (Å²) in [4.78, 5) is 31.8. The number of ether oxygens (including phenoxy) is 1. The number of carbonyl (C=O) groups is 2. The minimum Gasteiger partial charge on any atom is -0.379 e. The molecule has 3 heterocycles. The average Bonchev–Trinajstić information content (AvgIpc) is 3.54. The number of benzene rings is 2. The van der Waals surface area contributed by atoms with Gasteiger partial charge >= 0.3 is 0 Å². The number of carbonyl (C=O) groups excluding carboxylic acids is 2. The van der Waals surface area contributed by atoms with Crippen molar-refractivity contribution in [3.05, 3.63) is 82.6 Å². The average molecular weight is 538 g/mol. The third-order valence-corrected chi connectivity index (χ3v) is 7.17. The topological polar surface area (TPSA) is 88.5 Å². The Labute approximate surface area is 221 Å². The Bertz CT molecular complexity index is 1490. The summed E-state index contributed by atoms with van der Waals surface area (Å²) in [5, 5.41) is 5.52. The van der Waals surface area contributed by atoms with Crippen LogP contribution in [0.15, 0.2) is 67.3 Å². The first kappa shape index (κ1) is 25.7. The molecule has 0 radical (unpaired) electrons. The van der Waals surface area contributed by atoms with Crippen molar-refractivity contribution in [3.8, 4) is 5.69 Å². The predicted molar refractivity (Wildman–Crippen MR) is 143 cm³/mol. The molecule has 0 spiro atoms. The van der Waals surface area contributed by atoms with Gasteiger partial charge in [0, 0.05) is 25.3 Å². The van der Waals surface area contributed by atoms with Gasteiger partial charge < -0.3 is 10.1 Å². The summed E-state index contributed by atoms with van der Waals surface area (Å²) >= 11 is 0.739. The number of morpholine rings is 1. The number of nitrogens with one attached hydrogen (secondary N) is 2. The van der Waals surface area contributed by atoms with Crippen LogP contribution in [0.2, 0.25) is 0 Å². The molecule has 0 saturated carbocycles. The molecule has 0 aliphatic carbocycles. The number of thiophene rings is 1. The molecule has 0 unspecified atom stereocenters. The number of aromatic nitrogens is 2. The largest absolute Gasteiger partial charge is 0.379 e. The number of hydrogen-bond donors (Lipinski definition) is 2. The summed E-state index contributed by atoms with van der Waals surface area (Å²) < 4.78 is 33.3. The van der Waals surface area contributed by atoms with Crippen molar-refractivity contribution >= 4 is 45.8 Å². The molecular formula is C27H25F2N5O3S. The summed E-state index contributed by atoms with van der Waals surface area (Å²) in [7, 11) is 0. The highest BCUT2D eigenvalue weighted by molar-refractivity contribution is 7.14. The van der Waals surface area contributed by atoms with Gasteiger partial charge in [0.1, 0.15) is 0 Å². The zero-order valence-electron chi connectivity index (χ0n) is 20.3. The lowest BCUT2D eigenvalue weighted by molar-refractivity contribution is -0.111. The molecule has 0 bridgehead atoms. The standard InChI is InChI=1S/C27H25F2N5O3S/c1-2-24(35)30-18-4-3-5-19(15-18)34-21-7-6-17(16-33-10-12-37-13-11-33)14-20(21)31-27(34)32-26(36)23-9-8-22(38-23)25(28)29/h2-9,14-15,25H,1,10-13,16H2,(H,30,35)(H,31,32,36). The smallest absolute Gasteiger partial charge is 0.272 e. The second-order valence-corrected chi connectivity index (χ2v) is 9.80. The normalized spacial score (nSPS) is 14.1. The van der Waals surface area contributed by atoms with Gasteiger partial charge in [-0.05, 0) is 54.1 Å². The molecule has 2 amide bonds. The van der Waals surface area contributed by atoms with Crippen LogP contribution in [0.5, 0.6) is 0 Å². The third-order valence-electron chi connectivity index (χ3n) is 6.08. The number of imidazole rings is 1. The van der Waals surface area contributed by atoms with Crippen molar-refractivity contribution in [2.24, 2.45) is 0 Å². The van der Waals surface area contributed by atoms with Crippen LogP contribution >= 0.6 is 11.3 Å². The van der Waals surface area contributed by atoms with E-state index in [9.17, 15) is 18.4 Å². The van der Waals surface area contributed by atoms with Gasteiger partial charge in [0.2, 0.25) is 11.9 Å². The van der Waals surface area contributed by atoms with Gasteiger partial charge in [0.15, 0.2) is 0 Å². The molecule has 1 saturated heterocycles. The number of amides is 2. The van der Waals surface area contributed by atoms with E-state index in [1.165, 1.54) is 18.2 Å². The molecule has 1 aliphatic heterocycles. The summed E-state index contributed by atoms with van der Waals surface area (Å²) in [6.07, 6.45) is -1.47. The van der Waals surface area contributed by atoms with E-state index in [0.29, 0.717) is 30.1 Å². The molecule has 2 aromatic heterocycles. The second kappa shape index (κ2) is 11.2. The van der Waals surface area contributed by atoms with Crippen LogP contribution in [0.1, 0.15) is 26.5 Å². The number of rotatable bonds is 8. The van der Waals surface area contributed by atoms with Gasteiger partial charge in [0.25, 0.3) is 12.3 Å². The quantitative estimate of drug-likeness (QED) is 0.301. The van der Waals surface area contributed by atoms with E-state index in [1.54, 1.807) is 22.8 Å². The monoisotopic (exact) mass is 537 g/mol. The van der Waals surface area contributed by atoms with Crippen LogP contribution in [-0.2, 0) is 16.1 Å². The number of nitrogens with zero attached hydrogens (tertiary/aromatic N) is 3. The van der Waals surface area contributed by atoms with Crippen LogP contribution in [-0.4, -0.2) is 52.6 Å². The Kier molecular flexibility index (Phi) is 7.59. The van der Waals surface area contributed by atoms with Gasteiger partial charge in [0.05, 0.1) is 39.7 Å². The summed E-state index contributed by atoms with van der Waals surface area (Å²) in [6.45, 7) is 7.30. The minimum absolute atomic E-state index is 0.152. The summed E-state index contributed by atoms with van der Waals surface area (Å²) in [5.41, 5.74) is 3.64. The first-order chi connectivity index (χ1) is 18.4. The Balaban J connectivity index is 1.53. The number of halogens is 2. The molecule has 5 rings (SSSR count). The molecule has 38 heavy (non-hydrogen) atoms. The number of hydrogen-bond acceptors (Lipinski definition) is 6. The molecule has 1 fully saturated rings. The zero-order chi connectivity index (χ0) is 26.6. The molecule has 11 heteroatoms. The van der Waals surface area contributed by atoms with Crippen molar-refractivity contribution in [1.82, 2.24) is 14.5 Å². The molecule has 4 aromatic rings. The fourth-order valence-corrected chi connectivity index (χ4v) is 5.02. The number of alkyl halides is 2. The van der Waals surface area contributed by atoms with Gasteiger partial charge in [-0.15, -0.1) is 11.3 Å². The van der Waals surface area contributed by atoms with E-state index in [-0.39, 0.29) is 21.6 Å². The molecule has 2 N–H and O–H groups in total. The SMILES string of the molecule is C=CC(=O)Nc1cccc(-n2c(NC(=O)c3ccc(C(F)F)s3)nc3cc(CN4CCOCC4)ccc32)c1. The Morgan fingerprint density at radius 3 is 2.66 bits per heavy atom. The maximum absolute atomic E-state index is 13.1. The van der Waals surface area contributed by atoms with E-state index < -0.39 is 12.3 Å². The van der Waals surface area contributed by atoms with Gasteiger partial charge in [-0.2, -0.15) is 0 Å². The van der Waals surface area contributed by atoms with Crippen molar-refractivity contribution in [1.29, 1.82) is 0 Å². The van der Waals surface area contributed by atoms with Gasteiger partial charge in [-0.3, -0.25) is 24.4 Å². The lowest BCUT2D eigenvalue weighted by Gasteiger charge is -2.26. The summed E-state index contributed by atoms with van der Waals surface area (Å²) in [5.74, 6) is -0.665. The maximum atomic E-state index is 13.1. The lowest BCUT2D eigenvalue weighted by Crippen LogP contribution is -2.35. The molecule has 0 atom stereocenters. The van der Waals surface area contributed by atoms with Gasteiger partial charge in [-0.1, -0.05) is 18.7 Å². The fourth-order valence-electron chi connectivity index (χ4n) is 4.26. The third kappa shape index (κ3) is 5.64. The van der Waals surface area contributed by atoms with E-state index in [0.717, 1.165) is 42.1 Å². The van der Waals surface area contributed by atoms with Crippen LogP contribution < -0.4 is 10.6 Å². The minimum atomic E-state index is -2.65. The first-order valence-corrected chi connectivity index (χ1v) is 12.8. The van der Waals surface area contributed by atoms with Crippen molar-refractivity contribution in [3.63, 3.8) is 0 Å². The highest BCUT2D eigenvalue weighted by atomic mass is 32.1. The molecule has 8 nitrogen and oxygen atoms in total. The van der Waals surface area contributed by atoms with Crippen LogP contribution in [0.25, 0.3) is 16.7 Å². The lowest BCUT2D eigenvalue weighted by atomic mass is 10.1.